The predicted octanol–water partition coefficient (Wildman–Crippen LogP) is 14.4. The van der Waals surface area contributed by atoms with Gasteiger partial charge in [-0.25, -0.2) is 4.98 Å². The molecule has 9 aromatic carbocycles. The van der Waals surface area contributed by atoms with E-state index < -0.39 is 0 Å². The van der Waals surface area contributed by atoms with Crippen LogP contribution in [0.1, 0.15) is 0 Å². The molecule has 0 spiro atoms. The van der Waals surface area contributed by atoms with Crippen molar-refractivity contribution in [3.8, 4) is 67.8 Å². The molecule has 0 bridgehead atoms. The van der Waals surface area contributed by atoms with Crippen LogP contribution in [0.5, 0.6) is 0 Å². The molecule has 3 heterocycles. The Kier molecular flexibility index (Phi) is 8.42. The number of hydrogen-bond donors (Lipinski definition) is 0. The lowest BCUT2D eigenvalue weighted by Gasteiger charge is -2.18. The monoisotopic (exact) mass is 791 g/mol. The van der Waals surface area contributed by atoms with Crippen LogP contribution < -0.4 is 0 Å². The molecule has 5 nitrogen and oxygen atoms in total. The first-order valence-corrected chi connectivity index (χ1v) is 21.0. The quantitative estimate of drug-likeness (QED) is 0.162. The molecule has 62 heavy (non-hydrogen) atoms. The second-order valence-electron chi connectivity index (χ2n) is 15.6. The van der Waals surface area contributed by atoms with Crippen molar-refractivity contribution in [1.82, 2.24) is 24.1 Å². The third-order valence-corrected chi connectivity index (χ3v) is 12.0. The summed E-state index contributed by atoms with van der Waals surface area (Å²) >= 11 is 0. The summed E-state index contributed by atoms with van der Waals surface area (Å²) in [4.78, 5) is 15.5. The molecule has 3 aromatic heterocycles. The molecule has 0 fully saturated rings. The molecule has 0 atom stereocenters. The van der Waals surface area contributed by atoms with Gasteiger partial charge in [0.2, 0.25) is 5.95 Å². The average molecular weight is 792 g/mol. The van der Waals surface area contributed by atoms with Crippen molar-refractivity contribution in [1.29, 1.82) is 0 Å². The molecule has 0 saturated carbocycles. The smallest absolute Gasteiger partial charge is 0.238 e. The summed E-state index contributed by atoms with van der Waals surface area (Å²) in [7, 11) is 0. The maximum absolute atomic E-state index is 5.23. The highest BCUT2D eigenvalue weighted by molar-refractivity contribution is 6.26. The Bertz CT molecular complexity index is 3550. The van der Waals surface area contributed by atoms with Crippen LogP contribution >= 0.6 is 0 Å². The van der Waals surface area contributed by atoms with Crippen LogP contribution in [0, 0.1) is 0 Å². The van der Waals surface area contributed by atoms with Gasteiger partial charge in [0.15, 0.2) is 11.6 Å². The van der Waals surface area contributed by atoms with E-state index in [1.807, 2.05) is 36.4 Å². The normalized spacial score (nSPS) is 11.5. The van der Waals surface area contributed by atoms with Gasteiger partial charge in [0.25, 0.3) is 0 Å². The summed E-state index contributed by atoms with van der Waals surface area (Å²) < 4.78 is 4.71. The fraction of sp³-hybridized carbons (Fsp3) is 0. The van der Waals surface area contributed by atoms with E-state index in [1.165, 1.54) is 38.6 Å². The minimum Gasteiger partial charge on any atom is -0.308 e. The largest absolute Gasteiger partial charge is 0.308 e. The zero-order valence-corrected chi connectivity index (χ0v) is 33.6. The summed E-state index contributed by atoms with van der Waals surface area (Å²) in [5.74, 6) is 1.81. The lowest BCUT2D eigenvalue weighted by Crippen LogP contribution is -2.06. The summed E-state index contributed by atoms with van der Waals surface area (Å²) in [6, 6.07) is 79.4. The lowest BCUT2D eigenvalue weighted by molar-refractivity contribution is 0.953. The second kappa shape index (κ2) is 14.7. The lowest BCUT2D eigenvalue weighted by atomic mass is 9.90. The van der Waals surface area contributed by atoms with Gasteiger partial charge in [-0.05, 0) is 58.1 Å². The van der Waals surface area contributed by atoms with Gasteiger partial charge in [-0.3, -0.25) is 4.57 Å². The zero-order valence-electron chi connectivity index (χ0n) is 33.6. The predicted molar refractivity (Wildman–Crippen MR) is 256 cm³/mol. The Balaban J connectivity index is 1.17. The summed E-state index contributed by atoms with van der Waals surface area (Å²) in [6.07, 6.45) is 0. The van der Waals surface area contributed by atoms with Crippen molar-refractivity contribution in [2.75, 3.05) is 0 Å². The van der Waals surface area contributed by atoms with Crippen molar-refractivity contribution >= 4 is 43.6 Å². The number of para-hydroxylation sites is 3. The van der Waals surface area contributed by atoms with E-state index in [9.17, 15) is 0 Å². The minimum atomic E-state index is 0.566. The number of benzene rings is 9. The van der Waals surface area contributed by atoms with Crippen LogP contribution in [-0.4, -0.2) is 24.1 Å². The SMILES string of the molecule is c1ccc(-c2ccc(-c3ccccc3)c(-c3ccccc3-n3c4ccccc4c4ccc5c(c6ccccc6n5-c5nc(-c6ccccc6)nc(-c6ccccc6)n5)c43)c2)cc1. The number of rotatable bonds is 7. The highest BCUT2D eigenvalue weighted by atomic mass is 15.2. The molecule has 12 aromatic rings. The Morgan fingerprint density at radius 3 is 1.48 bits per heavy atom. The number of nitrogens with zero attached hydrogens (tertiary/aromatic N) is 5. The van der Waals surface area contributed by atoms with Crippen molar-refractivity contribution in [2.45, 2.75) is 0 Å². The highest BCUT2D eigenvalue weighted by Crippen LogP contribution is 2.45. The number of hydrogen-bond acceptors (Lipinski definition) is 3. The summed E-state index contributed by atoms with van der Waals surface area (Å²) in [5.41, 5.74) is 14.3. The van der Waals surface area contributed by atoms with Gasteiger partial charge in [-0.1, -0.05) is 194 Å². The van der Waals surface area contributed by atoms with Crippen LogP contribution in [0.4, 0.5) is 0 Å². The van der Waals surface area contributed by atoms with Crippen molar-refractivity contribution < 1.29 is 0 Å². The van der Waals surface area contributed by atoms with E-state index in [-0.39, 0.29) is 0 Å². The molecular formula is C57H37N5. The molecule has 0 aliphatic rings. The minimum absolute atomic E-state index is 0.566. The second-order valence-corrected chi connectivity index (χ2v) is 15.6. The van der Waals surface area contributed by atoms with E-state index in [0.717, 1.165) is 55.2 Å². The van der Waals surface area contributed by atoms with Gasteiger partial charge in [-0.15, -0.1) is 0 Å². The summed E-state index contributed by atoms with van der Waals surface area (Å²) in [5, 5.41) is 4.62. The number of aromatic nitrogens is 5. The fourth-order valence-corrected chi connectivity index (χ4v) is 9.21. The van der Waals surface area contributed by atoms with Gasteiger partial charge >= 0.3 is 0 Å². The molecule has 0 unspecified atom stereocenters. The third kappa shape index (κ3) is 5.82. The molecule has 0 saturated heterocycles. The molecule has 12 rings (SSSR count). The molecule has 0 radical (unpaired) electrons. The first-order chi connectivity index (χ1) is 30.8. The maximum atomic E-state index is 5.23. The molecule has 0 N–H and O–H groups in total. The van der Waals surface area contributed by atoms with Gasteiger partial charge < -0.3 is 4.57 Å². The van der Waals surface area contributed by atoms with E-state index in [4.69, 9.17) is 15.0 Å². The Hall–Kier alpha value is -8.41. The van der Waals surface area contributed by atoms with Crippen molar-refractivity contribution in [3.63, 3.8) is 0 Å². The number of fused-ring (bicyclic) bond motifs is 7. The maximum Gasteiger partial charge on any atom is 0.238 e. The molecule has 5 heteroatoms. The fourth-order valence-electron chi connectivity index (χ4n) is 9.21. The molecule has 0 amide bonds. The van der Waals surface area contributed by atoms with Gasteiger partial charge in [-0.2, -0.15) is 9.97 Å². The zero-order chi connectivity index (χ0) is 41.0. The van der Waals surface area contributed by atoms with Crippen LogP contribution in [0.25, 0.3) is 111 Å². The Morgan fingerprint density at radius 2 is 0.823 bits per heavy atom. The molecule has 0 aliphatic heterocycles. The van der Waals surface area contributed by atoms with Gasteiger partial charge in [0.05, 0.1) is 27.8 Å². The van der Waals surface area contributed by atoms with E-state index in [1.54, 1.807) is 0 Å². The molecule has 0 aliphatic carbocycles. The Labute approximate surface area is 358 Å². The standard InChI is InChI=1S/C57H37N5/c1-5-19-38(20-6-1)42-33-34-43(39-21-7-2-8-22-39)48(37-42)45-28-14-17-31-50(45)61-49-30-16-13-27-44(49)46-35-36-52-53(54(46)61)47-29-15-18-32-51(47)62(52)57-59-55(40-23-9-3-10-24-40)58-56(60-57)41-25-11-4-12-26-41/h1-37H. The first kappa shape index (κ1) is 35.5. The first-order valence-electron chi connectivity index (χ1n) is 21.0. The van der Waals surface area contributed by atoms with E-state index >= 15 is 0 Å². The average Bonchev–Trinajstić information content (AvgIpc) is 3.88. The van der Waals surface area contributed by atoms with Crippen molar-refractivity contribution in [3.05, 3.63) is 224 Å². The molecule has 290 valence electrons. The summed E-state index contributed by atoms with van der Waals surface area (Å²) in [6.45, 7) is 0. The topological polar surface area (TPSA) is 48.5 Å². The van der Waals surface area contributed by atoms with Gasteiger partial charge in [0, 0.05) is 38.2 Å². The third-order valence-electron chi connectivity index (χ3n) is 12.0. The van der Waals surface area contributed by atoms with E-state index in [2.05, 4.69) is 197 Å². The van der Waals surface area contributed by atoms with Gasteiger partial charge in [0.1, 0.15) is 0 Å². The molecular weight excluding hydrogens is 755 g/mol. The van der Waals surface area contributed by atoms with Crippen LogP contribution in [0.2, 0.25) is 0 Å². The van der Waals surface area contributed by atoms with Crippen LogP contribution in [0.15, 0.2) is 224 Å². The van der Waals surface area contributed by atoms with Crippen LogP contribution in [-0.2, 0) is 0 Å². The highest BCUT2D eigenvalue weighted by Gasteiger charge is 2.24. The Morgan fingerprint density at radius 1 is 0.290 bits per heavy atom. The van der Waals surface area contributed by atoms with E-state index in [0.29, 0.717) is 17.6 Å². The van der Waals surface area contributed by atoms with Crippen molar-refractivity contribution in [2.24, 2.45) is 0 Å². The van der Waals surface area contributed by atoms with Crippen LogP contribution in [0.3, 0.4) is 0 Å².